The smallest absolute Gasteiger partial charge is 0.338 e. The fourth-order valence-corrected chi connectivity index (χ4v) is 2.92. The van der Waals surface area contributed by atoms with Gasteiger partial charge in [0.25, 0.3) is 0 Å². The SMILES string of the molecule is CC(C)C[N+]1(c2nc(OC(C)C)nc(OC(C)C)n2)CCOCC1. The molecule has 2 heterocycles. The number of rotatable bonds is 7. The van der Waals surface area contributed by atoms with Gasteiger partial charge in [-0.3, -0.25) is 4.48 Å². The van der Waals surface area contributed by atoms with Crippen LogP contribution in [0, 0.1) is 5.92 Å². The topological polar surface area (TPSA) is 66.4 Å². The molecule has 0 saturated carbocycles. The lowest BCUT2D eigenvalue weighted by Crippen LogP contribution is -2.59. The summed E-state index contributed by atoms with van der Waals surface area (Å²) < 4.78 is 17.7. The van der Waals surface area contributed by atoms with Crippen molar-refractivity contribution in [2.24, 2.45) is 5.92 Å². The predicted octanol–water partition coefficient (Wildman–Crippen LogP) is 2.44. The molecular weight excluding hydrogens is 308 g/mol. The van der Waals surface area contributed by atoms with Crippen LogP contribution in [0.5, 0.6) is 12.0 Å². The summed E-state index contributed by atoms with van der Waals surface area (Å²) in [6.45, 7) is 16.3. The number of hydrogen-bond acceptors (Lipinski definition) is 6. The van der Waals surface area contributed by atoms with Crippen LogP contribution in [0.1, 0.15) is 41.5 Å². The van der Waals surface area contributed by atoms with Crippen molar-refractivity contribution >= 4 is 5.95 Å². The second-order valence-electron chi connectivity index (χ2n) is 7.31. The standard InChI is InChI=1S/C17H31N4O3/c1-12(2)11-21(7-9-22-10-8-21)15-18-16(23-13(3)4)20-17(19-15)24-14(5)6/h12-14H,7-11H2,1-6H3/q+1. The highest BCUT2D eigenvalue weighted by Gasteiger charge is 2.38. The highest BCUT2D eigenvalue weighted by Crippen LogP contribution is 2.26. The number of ether oxygens (including phenoxy) is 3. The summed E-state index contributed by atoms with van der Waals surface area (Å²) in [5.74, 6) is 1.23. The van der Waals surface area contributed by atoms with Crippen molar-refractivity contribution in [2.75, 3.05) is 32.8 Å². The molecule has 0 spiro atoms. The zero-order valence-electron chi connectivity index (χ0n) is 15.8. The first-order valence-electron chi connectivity index (χ1n) is 8.84. The zero-order chi connectivity index (χ0) is 17.7. The van der Waals surface area contributed by atoms with Crippen molar-refractivity contribution in [1.29, 1.82) is 0 Å². The van der Waals surface area contributed by atoms with E-state index in [2.05, 4.69) is 28.8 Å². The van der Waals surface area contributed by atoms with Crippen molar-refractivity contribution in [3.8, 4) is 12.0 Å². The summed E-state index contributed by atoms with van der Waals surface area (Å²) in [6, 6.07) is 0.664. The Kier molecular flexibility index (Phi) is 6.34. The van der Waals surface area contributed by atoms with E-state index in [0.29, 0.717) is 41.6 Å². The molecule has 7 nitrogen and oxygen atoms in total. The molecule has 0 bridgehead atoms. The normalized spacial score (nSPS) is 17.5. The van der Waals surface area contributed by atoms with Crippen LogP contribution in [0.25, 0.3) is 0 Å². The number of hydrogen-bond donors (Lipinski definition) is 0. The molecule has 7 heteroatoms. The van der Waals surface area contributed by atoms with E-state index in [-0.39, 0.29) is 12.2 Å². The van der Waals surface area contributed by atoms with Crippen LogP contribution in [0.2, 0.25) is 0 Å². The van der Waals surface area contributed by atoms with E-state index in [1.54, 1.807) is 0 Å². The Morgan fingerprint density at radius 1 is 0.875 bits per heavy atom. The minimum absolute atomic E-state index is 0.00427. The molecule has 0 unspecified atom stereocenters. The molecule has 2 rings (SSSR count). The van der Waals surface area contributed by atoms with Crippen molar-refractivity contribution in [2.45, 2.75) is 53.8 Å². The highest BCUT2D eigenvalue weighted by molar-refractivity contribution is 5.29. The molecule has 24 heavy (non-hydrogen) atoms. The van der Waals surface area contributed by atoms with E-state index in [1.807, 2.05) is 27.7 Å². The summed E-state index contributed by atoms with van der Waals surface area (Å²) in [5.41, 5.74) is 0. The molecule has 0 radical (unpaired) electrons. The van der Waals surface area contributed by atoms with Crippen LogP contribution in [0.3, 0.4) is 0 Å². The van der Waals surface area contributed by atoms with Gasteiger partial charge in [-0.1, -0.05) is 13.8 Å². The van der Waals surface area contributed by atoms with E-state index in [1.165, 1.54) is 0 Å². The third-order valence-corrected chi connectivity index (χ3v) is 3.73. The maximum Gasteiger partial charge on any atom is 0.338 e. The average molecular weight is 339 g/mol. The molecule has 1 aromatic heterocycles. The molecule has 0 aliphatic carbocycles. The predicted molar refractivity (Wildman–Crippen MR) is 93.4 cm³/mol. The fourth-order valence-electron chi connectivity index (χ4n) is 2.92. The Bertz CT molecular complexity index is 500. The van der Waals surface area contributed by atoms with E-state index >= 15 is 0 Å². The fraction of sp³-hybridized carbons (Fsp3) is 0.824. The third-order valence-electron chi connectivity index (χ3n) is 3.73. The molecule has 0 N–H and O–H groups in total. The Morgan fingerprint density at radius 3 is 1.79 bits per heavy atom. The molecule has 1 saturated heterocycles. The number of morpholine rings is 1. The van der Waals surface area contributed by atoms with E-state index in [4.69, 9.17) is 14.2 Å². The zero-order valence-corrected chi connectivity index (χ0v) is 15.8. The van der Waals surface area contributed by atoms with Crippen LogP contribution >= 0.6 is 0 Å². The molecule has 1 fully saturated rings. The largest absolute Gasteiger partial charge is 0.460 e. The maximum absolute atomic E-state index is 5.73. The van der Waals surface area contributed by atoms with Gasteiger partial charge in [-0.25, -0.2) is 0 Å². The van der Waals surface area contributed by atoms with Gasteiger partial charge in [-0.15, -0.1) is 15.0 Å². The molecule has 1 aliphatic heterocycles. The van der Waals surface area contributed by atoms with Crippen LogP contribution in [0.15, 0.2) is 0 Å². The molecule has 0 amide bonds. The summed E-state index contributed by atoms with van der Waals surface area (Å²) in [7, 11) is 0. The monoisotopic (exact) mass is 339 g/mol. The lowest BCUT2D eigenvalue weighted by Gasteiger charge is -2.39. The highest BCUT2D eigenvalue weighted by atomic mass is 16.5. The van der Waals surface area contributed by atoms with Gasteiger partial charge in [0.1, 0.15) is 13.1 Å². The number of quaternary nitrogens is 1. The van der Waals surface area contributed by atoms with E-state index in [0.717, 1.165) is 19.6 Å². The van der Waals surface area contributed by atoms with Crippen LogP contribution in [0.4, 0.5) is 5.95 Å². The summed E-state index contributed by atoms with van der Waals surface area (Å²) >= 11 is 0. The van der Waals surface area contributed by atoms with Gasteiger partial charge < -0.3 is 14.2 Å². The Hall–Kier alpha value is -1.47. The molecule has 136 valence electrons. The molecule has 0 atom stereocenters. The maximum atomic E-state index is 5.73. The first-order valence-corrected chi connectivity index (χ1v) is 8.84. The van der Waals surface area contributed by atoms with Gasteiger partial charge in [-0.2, -0.15) is 0 Å². The van der Waals surface area contributed by atoms with Gasteiger partial charge in [-0.05, 0) is 27.7 Å². The Morgan fingerprint density at radius 2 is 1.38 bits per heavy atom. The molecular formula is C17H31N4O3+. The Labute approximate surface area is 145 Å². The summed E-state index contributed by atoms with van der Waals surface area (Å²) in [6.07, 6.45) is -0.00854. The average Bonchev–Trinajstić information content (AvgIpc) is 2.45. The Balaban J connectivity index is 2.43. The molecule has 1 aromatic rings. The van der Waals surface area contributed by atoms with E-state index in [9.17, 15) is 0 Å². The van der Waals surface area contributed by atoms with Gasteiger partial charge in [0.15, 0.2) is 0 Å². The van der Waals surface area contributed by atoms with Crippen LogP contribution in [-0.2, 0) is 4.74 Å². The first kappa shape index (κ1) is 18.9. The second kappa shape index (κ2) is 8.07. The van der Waals surface area contributed by atoms with Gasteiger partial charge in [0.2, 0.25) is 0 Å². The first-order chi connectivity index (χ1) is 11.3. The number of nitrogens with zero attached hydrogens (tertiary/aromatic N) is 4. The van der Waals surface area contributed by atoms with Crippen molar-refractivity contribution in [3.63, 3.8) is 0 Å². The summed E-state index contributed by atoms with van der Waals surface area (Å²) in [4.78, 5) is 13.6. The van der Waals surface area contributed by atoms with Crippen molar-refractivity contribution in [3.05, 3.63) is 0 Å². The number of aromatic nitrogens is 3. The van der Waals surface area contributed by atoms with Crippen molar-refractivity contribution in [1.82, 2.24) is 19.4 Å². The second-order valence-corrected chi connectivity index (χ2v) is 7.31. The lowest BCUT2D eigenvalue weighted by atomic mass is 10.1. The molecule has 0 aromatic carbocycles. The minimum atomic E-state index is -0.00427. The minimum Gasteiger partial charge on any atom is -0.460 e. The summed E-state index contributed by atoms with van der Waals surface area (Å²) in [5, 5.41) is 0. The van der Waals surface area contributed by atoms with Gasteiger partial charge in [0, 0.05) is 5.92 Å². The molecule has 1 aliphatic rings. The van der Waals surface area contributed by atoms with Gasteiger partial charge >= 0.3 is 18.0 Å². The third kappa shape index (κ3) is 5.01. The van der Waals surface area contributed by atoms with Crippen LogP contribution in [-0.4, -0.2) is 60.0 Å². The van der Waals surface area contributed by atoms with Crippen molar-refractivity contribution < 1.29 is 14.2 Å². The van der Waals surface area contributed by atoms with Gasteiger partial charge in [0.05, 0.1) is 32.0 Å². The lowest BCUT2D eigenvalue weighted by molar-refractivity contribution is 0.0312. The quantitative estimate of drug-likeness (QED) is 0.711. The van der Waals surface area contributed by atoms with E-state index < -0.39 is 0 Å². The van der Waals surface area contributed by atoms with Crippen LogP contribution < -0.4 is 14.0 Å².